The van der Waals surface area contributed by atoms with E-state index in [1.807, 2.05) is 6.07 Å². The second-order valence-electron chi connectivity index (χ2n) is 3.87. The van der Waals surface area contributed by atoms with E-state index in [4.69, 9.17) is 0 Å². The van der Waals surface area contributed by atoms with E-state index in [1.54, 1.807) is 12.1 Å². The third-order valence-corrected chi connectivity index (χ3v) is 2.93. The normalized spacial score (nSPS) is 19.6. The molecule has 0 spiro atoms. The molecule has 16 heavy (non-hydrogen) atoms. The van der Waals surface area contributed by atoms with E-state index in [2.05, 4.69) is 17.0 Å². The first-order chi connectivity index (χ1) is 7.72. The molecule has 0 bridgehead atoms. The van der Waals surface area contributed by atoms with E-state index in [1.165, 1.54) is 0 Å². The fourth-order valence-electron chi connectivity index (χ4n) is 2.23. The Bertz CT molecular complexity index is 368. The Labute approximate surface area is 93.6 Å². The van der Waals surface area contributed by atoms with Gasteiger partial charge in [0, 0.05) is 11.6 Å². The predicted octanol–water partition coefficient (Wildman–Crippen LogP) is 2.88. The molecular weight excluding hydrogens is 212 g/mol. The van der Waals surface area contributed by atoms with Crippen LogP contribution in [-0.4, -0.2) is 13.2 Å². The maximum atomic E-state index is 12.2. The Hall–Kier alpha value is -1.16. The topological polar surface area (TPSA) is 21.3 Å². The number of benzene rings is 1. The number of nitrogens with one attached hydrogen (secondary N) is 1. The number of ether oxygens (including phenoxy) is 1. The van der Waals surface area contributed by atoms with Crippen LogP contribution in [0.25, 0.3) is 0 Å². The molecule has 0 saturated carbocycles. The monoisotopic (exact) mass is 227 g/mol. The van der Waals surface area contributed by atoms with Gasteiger partial charge >= 0.3 is 6.61 Å². The van der Waals surface area contributed by atoms with Crippen LogP contribution < -0.4 is 10.1 Å². The summed E-state index contributed by atoms with van der Waals surface area (Å²) in [7, 11) is 0. The van der Waals surface area contributed by atoms with E-state index in [-0.39, 0.29) is 6.04 Å². The molecule has 1 unspecified atom stereocenters. The maximum Gasteiger partial charge on any atom is 0.387 e. The number of fused-ring (bicyclic) bond motifs is 1. The fraction of sp³-hybridized carbons (Fsp3) is 0.500. The van der Waals surface area contributed by atoms with Crippen LogP contribution in [0.2, 0.25) is 0 Å². The standard InChI is InChI=1S/C12H15F2NO/c1-2-10-8-4-3-5-11(16-12(13)14)9(8)6-7-15-10/h3-5,10,12,15H,2,6-7H2,1H3. The fourth-order valence-corrected chi connectivity index (χ4v) is 2.23. The maximum absolute atomic E-state index is 12.2. The molecule has 1 aromatic rings. The molecule has 1 aromatic carbocycles. The van der Waals surface area contributed by atoms with Crippen molar-refractivity contribution in [1.29, 1.82) is 0 Å². The van der Waals surface area contributed by atoms with E-state index in [0.29, 0.717) is 5.75 Å². The third-order valence-electron chi connectivity index (χ3n) is 2.93. The van der Waals surface area contributed by atoms with Gasteiger partial charge in [0.05, 0.1) is 0 Å². The minimum absolute atomic E-state index is 0.255. The van der Waals surface area contributed by atoms with Crippen LogP contribution in [0.5, 0.6) is 5.75 Å². The van der Waals surface area contributed by atoms with Gasteiger partial charge in [-0.3, -0.25) is 0 Å². The molecule has 0 amide bonds. The minimum Gasteiger partial charge on any atom is -0.435 e. The lowest BCUT2D eigenvalue weighted by Crippen LogP contribution is -2.29. The lowest BCUT2D eigenvalue weighted by molar-refractivity contribution is -0.0505. The summed E-state index contributed by atoms with van der Waals surface area (Å²) >= 11 is 0. The molecule has 1 aliphatic rings. The SMILES string of the molecule is CCC1NCCc2c(OC(F)F)cccc21. The average Bonchev–Trinajstić information content (AvgIpc) is 2.28. The van der Waals surface area contributed by atoms with Gasteiger partial charge in [0.1, 0.15) is 5.75 Å². The zero-order chi connectivity index (χ0) is 11.5. The second-order valence-corrected chi connectivity index (χ2v) is 3.87. The summed E-state index contributed by atoms with van der Waals surface area (Å²) in [5, 5.41) is 3.36. The Kier molecular flexibility index (Phi) is 3.39. The molecule has 4 heteroatoms. The lowest BCUT2D eigenvalue weighted by atomic mass is 9.92. The first kappa shape index (κ1) is 11.3. The molecule has 1 N–H and O–H groups in total. The van der Waals surface area contributed by atoms with Crippen molar-refractivity contribution in [2.75, 3.05) is 6.54 Å². The van der Waals surface area contributed by atoms with Gasteiger partial charge in [-0.2, -0.15) is 8.78 Å². The highest BCUT2D eigenvalue weighted by Gasteiger charge is 2.21. The summed E-state index contributed by atoms with van der Waals surface area (Å²) in [6, 6.07) is 5.62. The molecule has 0 aromatic heterocycles. The first-order valence-corrected chi connectivity index (χ1v) is 5.52. The molecule has 88 valence electrons. The van der Waals surface area contributed by atoms with Gasteiger partial charge in [0.2, 0.25) is 0 Å². The van der Waals surface area contributed by atoms with Crippen LogP contribution in [0.15, 0.2) is 18.2 Å². The minimum atomic E-state index is -2.75. The number of rotatable bonds is 3. The summed E-state index contributed by atoms with van der Waals surface area (Å²) in [6.07, 6.45) is 1.69. The van der Waals surface area contributed by atoms with Crippen LogP contribution in [0.4, 0.5) is 8.78 Å². The van der Waals surface area contributed by atoms with Gasteiger partial charge in [0.25, 0.3) is 0 Å². The van der Waals surface area contributed by atoms with Crippen molar-refractivity contribution in [2.24, 2.45) is 0 Å². The van der Waals surface area contributed by atoms with Crippen LogP contribution in [0.3, 0.4) is 0 Å². The molecule has 0 radical (unpaired) electrons. The first-order valence-electron chi connectivity index (χ1n) is 5.52. The Morgan fingerprint density at radius 2 is 2.31 bits per heavy atom. The van der Waals surface area contributed by atoms with E-state index in [0.717, 1.165) is 30.5 Å². The highest BCUT2D eigenvalue weighted by molar-refractivity contribution is 5.43. The largest absolute Gasteiger partial charge is 0.435 e. The van der Waals surface area contributed by atoms with Gasteiger partial charge in [0.15, 0.2) is 0 Å². The highest BCUT2D eigenvalue weighted by atomic mass is 19.3. The van der Waals surface area contributed by atoms with Crippen molar-refractivity contribution in [3.8, 4) is 5.75 Å². The van der Waals surface area contributed by atoms with Crippen LogP contribution in [0.1, 0.15) is 30.5 Å². The summed E-state index contributed by atoms with van der Waals surface area (Å²) < 4.78 is 29.0. The zero-order valence-corrected chi connectivity index (χ0v) is 9.17. The van der Waals surface area contributed by atoms with Crippen molar-refractivity contribution in [3.05, 3.63) is 29.3 Å². The molecule has 1 aliphatic heterocycles. The highest BCUT2D eigenvalue weighted by Crippen LogP contribution is 2.32. The molecule has 2 rings (SSSR count). The van der Waals surface area contributed by atoms with E-state index in [9.17, 15) is 8.78 Å². The molecular formula is C12H15F2NO. The Morgan fingerprint density at radius 3 is 3.00 bits per heavy atom. The molecule has 1 atom stereocenters. The van der Waals surface area contributed by atoms with Gasteiger partial charge in [-0.25, -0.2) is 0 Å². The number of halogens is 2. The van der Waals surface area contributed by atoms with Gasteiger partial charge in [-0.1, -0.05) is 19.1 Å². The van der Waals surface area contributed by atoms with Gasteiger partial charge in [-0.15, -0.1) is 0 Å². The van der Waals surface area contributed by atoms with Crippen LogP contribution >= 0.6 is 0 Å². The van der Waals surface area contributed by atoms with Crippen molar-refractivity contribution in [1.82, 2.24) is 5.32 Å². The number of alkyl halides is 2. The molecule has 1 heterocycles. The molecule has 0 aliphatic carbocycles. The van der Waals surface area contributed by atoms with Crippen molar-refractivity contribution >= 4 is 0 Å². The quantitative estimate of drug-likeness (QED) is 0.857. The van der Waals surface area contributed by atoms with Gasteiger partial charge < -0.3 is 10.1 Å². The van der Waals surface area contributed by atoms with Crippen molar-refractivity contribution < 1.29 is 13.5 Å². The van der Waals surface area contributed by atoms with E-state index >= 15 is 0 Å². The molecule has 0 fully saturated rings. The Morgan fingerprint density at radius 1 is 1.50 bits per heavy atom. The number of hydrogen-bond donors (Lipinski definition) is 1. The van der Waals surface area contributed by atoms with Crippen LogP contribution in [0, 0.1) is 0 Å². The smallest absolute Gasteiger partial charge is 0.387 e. The lowest BCUT2D eigenvalue weighted by Gasteiger charge is -2.27. The summed E-state index contributed by atoms with van der Waals surface area (Å²) in [4.78, 5) is 0. The van der Waals surface area contributed by atoms with Gasteiger partial charge in [-0.05, 0) is 31.0 Å². The summed E-state index contributed by atoms with van der Waals surface area (Å²) in [6.45, 7) is 0.143. The second kappa shape index (κ2) is 4.78. The molecule has 2 nitrogen and oxygen atoms in total. The summed E-state index contributed by atoms with van der Waals surface area (Å²) in [5.74, 6) is 0.326. The Balaban J connectivity index is 2.34. The molecule has 0 saturated heterocycles. The average molecular weight is 227 g/mol. The zero-order valence-electron chi connectivity index (χ0n) is 9.17. The van der Waals surface area contributed by atoms with Crippen molar-refractivity contribution in [2.45, 2.75) is 32.4 Å². The third kappa shape index (κ3) is 2.16. The number of hydrogen-bond acceptors (Lipinski definition) is 2. The predicted molar refractivity (Wildman–Crippen MR) is 57.8 cm³/mol. The summed E-state index contributed by atoms with van der Waals surface area (Å²) in [5.41, 5.74) is 2.01. The van der Waals surface area contributed by atoms with E-state index < -0.39 is 6.61 Å². The van der Waals surface area contributed by atoms with Crippen molar-refractivity contribution in [3.63, 3.8) is 0 Å². The van der Waals surface area contributed by atoms with Crippen LogP contribution in [-0.2, 0) is 6.42 Å².